The molecule has 0 bridgehead atoms. The van der Waals surface area contributed by atoms with Crippen molar-refractivity contribution in [1.82, 2.24) is 9.97 Å². The Bertz CT molecular complexity index is 571. The average Bonchev–Trinajstić information content (AvgIpc) is 2.38. The minimum absolute atomic E-state index is 0.571. The van der Waals surface area contributed by atoms with Gasteiger partial charge in [0, 0.05) is 31.0 Å². The SMILES string of the molecule is COc1cc(C)nc(N(C)Cc2cccc(N)c2)n1. The summed E-state index contributed by atoms with van der Waals surface area (Å²) in [6.45, 7) is 2.61. The number of anilines is 2. The minimum Gasteiger partial charge on any atom is -0.481 e. The van der Waals surface area contributed by atoms with Crippen LogP contribution in [0.3, 0.4) is 0 Å². The van der Waals surface area contributed by atoms with Crippen LogP contribution in [0.25, 0.3) is 0 Å². The molecule has 1 aromatic carbocycles. The number of nitrogens with zero attached hydrogens (tertiary/aromatic N) is 3. The van der Waals surface area contributed by atoms with Crippen LogP contribution in [0, 0.1) is 6.92 Å². The van der Waals surface area contributed by atoms with E-state index < -0.39 is 0 Å². The summed E-state index contributed by atoms with van der Waals surface area (Å²) in [5.41, 5.74) is 8.52. The normalized spacial score (nSPS) is 10.3. The predicted octanol–water partition coefficient (Wildman–Crippen LogP) is 2.01. The van der Waals surface area contributed by atoms with Gasteiger partial charge < -0.3 is 15.4 Å². The van der Waals surface area contributed by atoms with Gasteiger partial charge in [0.1, 0.15) is 0 Å². The standard InChI is InChI=1S/C14H18N4O/c1-10-7-13(19-3)17-14(16-10)18(2)9-11-5-4-6-12(15)8-11/h4-8H,9,15H2,1-3H3. The monoisotopic (exact) mass is 258 g/mol. The molecule has 0 saturated heterocycles. The molecule has 0 amide bonds. The second-order valence-corrected chi connectivity index (χ2v) is 4.45. The van der Waals surface area contributed by atoms with Crippen LogP contribution >= 0.6 is 0 Å². The molecule has 0 aliphatic heterocycles. The number of hydrogen-bond donors (Lipinski definition) is 1. The molecule has 0 spiro atoms. The first kappa shape index (κ1) is 13.1. The zero-order valence-corrected chi connectivity index (χ0v) is 11.4. The topological polar surface area (TPSA) is 64.3 Å². The van der Waals surface area contributed by atoms with Crippen LogP contribution in [0.5, 0.6) is 5.88 Å². The van der Waals surface area contributed by atoms with Crippen LogP contribution in [-0.4, -0.2) is 24.1 Å². The van der Waals surface area contributed by atoms with Crippen molar-refractivity contribution in [2.45, 2.75) is 13.5 Å². The Morgan fingerprint density at radius 2 is 2.05 bits per heavy atom. The highest BCUT2D eigenvalue weighted by Crippen LogP contribution is 2.16. The molecule has 19 heavy (non-hydrogen) atoms. The lowest BCUT2D eigenvalue weighted by molar-refractivity contribution is 0.396. The van der Waals surface area contributed by atoms with Crippen molar-refractivity contribution in [1.29, 1.82) is 0 Å². The Hall–Kier alpha value is -2.30. The molecule has 1 heterocycles. The van der Waals surface area contributed by atoms with E-state index in [0.29, 0.717) is 18.4 Å². The van der Waals surface area contributed by atoms with E-state index >= 15 is 0 Å². The number of hydrogen-bond acceptors (Lipinski definition) is 5. The first-order valence-electron chi connectivity index (χ1n) is 6.03. The Kier molecular flexibility index (Phi) is 3.85. The summed E-state index contributed by atoms with van der Waals surface area (Å²) in [5.74, 6) is 1.21. The fourth-order valence-electron chi connectivity index (χ4n) is 1.84. The summed E-state index contributed by atoms with van der Waals surface area (Å²) in [6.07, 6.45) is 0. The molecular weight excluding hydrogens is 240 g/mol. The molecule has 2 rings (SSSR count). The third kappa shape index (κ3) is 3.34. The van der Waals surface area contributed by atoms with Crippen LogP contribution in [0.2, 0.25) is 0 Å². The zero-order chi connectivity index (χ0) is 13.8. The molecule has 5 nitrogen and oxygen atoms in total. The van der Waals surface area contributed by atoms with E-state index in [4.69, 9.17) is 10.5 Å². The summed E-state index contributed by atoms with van der Waals surface area (Å²) < 4.78 is 5.16. The number of nitrogens with two attached hydrogens (primary N) is 1. The van der Waals surface area contributed by atoms with Gasteiger partial charge in [0.25, 0.3) is 0 Å². The fourth-order valence-corrected chi connectivity index (χ4v) is 1.84. The van der Waals surface area contributed by atoms with Gasteiger partial charge in [0.15, 0.2) is 0 Å². The van der Waals surface area contributed by atoms with Gasteiger partial charge in [-0.25, -0.2) is 4.98 Å². The number of nitrogen functional groups attached to an aromatic ring is 1. The number of methoxy groups -OCH3 is 1. The smallest absolute Gasteiger partial charge is 0.228 e. The highest BCUT2D eigenvalue weighted by atomic mass is 16.5. The van der Waals surface area contributed by atoms with Crippen LogP contribution < -0.4 is 15.4 Å². The van der Waals surface area contributed by atoms with Gasteiger partial charge in [-0.15, -0.1) is 0 Å². The third-order valence-electron chi connectivity index (χ3n) is 2.74. The van der Waals surface area contributed by atoms with E-state index in [2.05, 4.69) is 9.97 Å². The highest BCUT2D eigenvalue weighted by Gasteiger charge is 2.08. The van der Waals surface area contributed by atoms with E-state index in [1.165, 1.54) is 0 Å². The van der Waals surface area contributed by atoms with Gasteiger partial charge in [0.2, 0.25) is 11.8 Å². The van der Waals surface area contributed by atoms with Gasteiger partial charge in [-0.2, -0.15) is 4.98 Å². The van der Waals surface area contributed by atoms with Gasteiger partial charge in [-0.3, -0.25) is 0 Å². The Labute approximate surface area is 113 Å². The Morgan fingerprint density at radius 1 is 1.26 bits per heavy atom. The second-order valence-electron chi connectivity index (χ2n) is 4.45. The summed E-state index contributed by atoms with van der Waals surface area (Å²) >= 11 is 0. The van der Waals surface area contributed by atoms with Crippen LogP contribution in [-0.2, 0) is 6.54 Å². The number of aromatic nitrogens is 2. The van der Waals surface area contributed by atoms with Gasteiger partial charge in [-0.05, 0) is 24.6 Å². The van der Waals surface area contributed by atoms with Crippen molar-refractivity contribution in [3.8, 4) is 5.88 Å². The molecule has 0 unspecified atom stereocenters. The second kappa shape index (κ2) is 5.56. The summed E-state index contributed by atoms with van der Waals surface area (Å²) in [5, 5.41) is 0. The van der Waals surface area contributed by atoms with E-state index in [1.807, 2.05) is 43.1 Å². The molecule has 2 N–H and O–H groups in total. The fraction of sp³-hybridized carbons (Fsp3) is 0.286. The van der Waals surface area contributed by atoms with Crippen LogP contribution in [0.4, 0.5) is 11.6 Å². The van der Waals surface area contributed by atoms with Crippen LogP contribution in [0.1, 0.15) is 11.3 Å². The Balaban J connectivity index is 2.20. The van der Waals surface area contributed by atoms with E-state index in [1.54, 1.807) is 13.2 Å². The molecule has 0 atom stereocenters. The maximum Gasteiger partial charge on any atom is 0.228 e. The molecule has 100 valence electrons. The van der Waals surface area contributed by atoms with Gasteiger partial charge >= 0.3 is 0 Å². The number of rotatable bonds is 4. The molecule has 2 aromatic rings. The Morgan fingerprint density at radius 3 is 2.74 bits per heavy atom. The summed E-state index contributed by atoms with van der Waals surface area (Å²) in [7, 11) is 3.54. The lowest BCUT2D eigenvalue weighted by atomic mass is 10.2. The van der Waals surface area contributed by atoms with E-state index in [-0.39, 0.29) is 0 Å². The summed E-state index contributed by atoms with van der Waals surface area (Å²) in [6, 6.07) is 9.59. The van der Waals surface area contributed by atoms with Gasteiger partial charge in [-0.1, -0.05) is 12.1 Å². The lowest BCUT2D eigenvalue weighted by Gasteiger charge is -2.18. The van der Waals surface area contributed by atoms with Crippen molar-refractivity contribution in [3.63, 3.8) is 0 Å². The number of benzene rings is 1. The first-order valence-corrected chi connectivity index (χ1v) is 6.03. The maximum atomic E-state index is 5.77. The molecule has 0 aliphatic rings. The maximum absolute atomic E-state index is 5.77. The van der Waals surface area contributed by atoms with Gasteiger partial charge in [0.05, 0.1) is 7.11 Å². The molecule has 0 fully saturated rings. The number of aryl methyl sites for hydroxylation is 1. The number of ether oxygens (including phenoxy) is 1. The quantitative estimate of drug-likeness (QED) is 0.850. The first-order chi connectivity index (χ1) is 9.08. The zero-order valence-electron chi connectivity index (χ0n) is 11.4. The van der Waals surface area contributed by atoms with Crippen molar-refractivity contribution in [3.05, 3.63) is 41.6 Å². The van der Waals surface area contributed by atoms with E-state index in [0.717, 1.165) is 16.9 Å². The molecular formula is C14H18N4O. The average molecular weight is 258 g/mol. The largest absolute Gasteiger partial charge is 0.481 e. The summed E-state index contributed by atoms with van der Waals surface area (Å²) in [4.78, 5) is 10.7. The lowest BCUT2D eigenvalue weighted by Crippen LogP contribution is -2.19. The van der Waals surface area contributed by atoms with Crippen LogP contribution in [0.15, 0.2) is 30.3 Å². The molecule has 0 saturated carbocycles. The van der Waals surface area contributed by atoms with Crippen molar-refractivity contribution in [2.24, 2.45) is 0 Å². The molecule has 1 aromatic heterocycles. The van der Waals surface area contributed by atoms with Crippen molar-refractivity contribution >= 4 is 11.6 Å². The highest BCUT2D eigenvalue weighted by molar-refractivity contribution is 5.42. The minimum atomic E-state index is 0.571. The molecule has 0 aliphatic carbocycles. The molecule has 5 heteroatoms. The predicted molar refractivity (Wildman–Crippen MR) is 76.3 cm³/mol. The molecule has 0 radical (unpaired) electrons. The van der Waals surface area contributed by atoms with Crippen molar-refractivity contribution < 1.29 is 4.74 Å². The third-order valence-corrected chi connectivity index (χ3v) is 2.74. The van der Waals surface area contributed by atoms with Crippen molar-refractivity contribution in [2.75, 3.05) is 24.8 Å². The van der Waals surface area contributed by atoms with E-state index in [9.17, 15) is 0 Å².